The van der Waals surface area contributed by atoms with Crippen LogP contribution in [-0.2, 0) is 14.4 Å². The number of carbonyl (C=O) groups excluding carboxylic acids is 3. The number of anilines is 1. The van der Waals surface area contributed by atoms with Gasteiger partial charge in [-0.05, 0) is 30.3 Å². The number of halogens is 1. The highest BCUT2D eigenvalue weighted by Gasteiger charge is 2.09. The average Bonchev–Trinajstić information content (AvgIpc) is 3.07. The van der Waals surface area contributed by atoms with Gasteiger partial charge in [-0.2, -0.15) is 0 Å². The fourth-order valence-electron chi connectivity index (χ4n) is 1.93. The molecule has 0 fully saturated rings. The molecule has 0 aliphatic rings. The maximum Gasteiger partial charge on any atom is 0.243 e. The molecule has 1 aromatic heterocycles. The molecule has 0 saturated carbocycles. The fourth-order valence-corrected chi connectivity index (χ4v) is 1.93. The van der Waals surface area contributed by atoms with Crippen molar-refractivity contribution >= 4 is 23.4 Å². The molecule has 0 spiro atoms. The van der Waals surface area contributed by atoms with E-state index in [4.69, 9.17) is 0 Å². The lowest BCUT2D eigenvalue weighted by atomic mass is 10.2. The summed E-state index contributed by atoms with van der Waals surface area (Å²) in [5, 5.41) is 7.26. The minimum atomic E-state index is -0.479. The molecule has 0 atom stereocenters. The molecule has 3 N–H and O–H groups in total. The van der Waals surface area contributed by atoms with Gasteiger partial charge >= 0.3 is 0 Å². The van der Waals surface area contributed by atoms with Gasteiger partial charge in [0.25, 0.3) is 0 Å². The summed E-state index contributed by atoms with van der Waals surface area (Å²) in [4.78, 5) is 33.9. The van der Waals surface area contributed by atoms with Crippen molar-refractivity contribution in [1.82, 2.24) is 15.2 Å². The van der Waals surface area contributed by atoms with Gasteiger partial charge in [-0.1, -0.05) is 0 Å². The van der Waals surface area contributed by atoms with Crippen molar-refractivity contribution in [3.63, 3.8) is 0 Å². The van der Waals surface area contributed by atoms with Crippen molar-refractivity contribution in [2.24, 2.45) is 0 Å². The van der Waals surface area contributed by atoms with E-state index in [1.165, 1.54) is 25.1 Å². The summed E-state index contributed by atoms with van der Waals surface area (Å²) < 4.78 is 15.4. The Bertz CT molecular complexity index is 744. The number of nitrogens with zero attached hydrogens (tertiary/aromatic N) is 1. The van der Waals surface area contributed by atoms with E-state index in [-0.39, 0.29) is 19.0 Å². The molecule has 0 unspecified atom stereocenters. The van der Waals surface area contributed by atoms with Crippen LogP contribution in [0.15, 0.2) is 42.7 Å². The minimum Gasteiger partial charge on any atom is -0.347 e. The zero-order chi connectivity index (χ0) is 17.5. The Morgan fingerprint density at radius 3 is 2.38 bits per heavy atom. The third-order valence-electron chi connectivity index (χ3n) is 3.06. The summed E-state index contributed by atoms with van der Waals surface area (Å²) in [7, 11) is 0. The SMILES string of the molecule is CC(=O)NCC(=O)NCC(=O)Nc1ccc(F)c(-n2cccc2)c1. The van der Waals surface area contributed by atoms with Crippen LogP contribution in [-0.4, -0.2) is 35.4 Å². The third-order valence-corrected chi connectivity index (χ3v) is 3.06. The Morgan fingerprint density at radius 1 is 1.04 bits per heavy atom. The van der Waals surface area contributed by atoms with E-state index in [0.717, 1.165) is 0 Å². The topological polar surface area (TPSA) is 92.2 Å². The number of hydrogen-bond acceptors (Lipinski definition) is 3. The van der Waals surface area contributed by atoms with Gasteiger partial charge in [-0.15, -0.1) is 0 Å². The third kappa shape index (κ3) is 4.94. The first-order chi connectivity index (χ1) is 11.5. The first-order valence-electron chi connectivity index (χ1n) is 7.19. The Labute approximate surface area is 137 Å². The van der Waals surface area contributed by atoms with E-state index in [2.05, 4.69) is 16.0 Å². The summed E-state index contributed by atoms with van der Waals surface area (Å²) >= 11 is 0. The summed E-state index contributed by atoms with van der Waals surface area (Å²) in [5.41, 5.74) is 0.703. The largest absolute Gasteiger partial charge is 0.347 e. The predicted octanol–water partition coefficient (Wildman–Crippen LogP) is 0.807. The van der Waals surface area contributed by atoms with Gasteiger partial charge in [-0.3, -0.25) is 14.4 Å². The van der Waals surface area contributed by atoms with E-state index in [0.29, 0.717) is 11.4 Å². The summed E-state index contributed by atoms with van der Waals surface area (Å²) in [6.45, 7) is 0.836. The van der Waals surface area contributed by atoms with Crippen LogP contribution in [0.25, 0.3) is 5.69 Å². The molecule has 0 aliphatic carbocycles. The fraction of sp³-hybridized carbons (Fsp3) is 0.188. The van der Waals surface area contributed by atoms with Crippen molar-refractivity contribution in [2.45, 2.75) is 6.92 Å². The van der Waals surface area contributed by atoms with Crippen LogP contribution in [0.4, 0.5) is 10.1 Å². The van der Waals surface area contributed by atoms with E-state index >= 15 is 0 Å². The normalized spacial score (nSPS) is 10.1. The van der Waals surface area contributed by atoms with Crippen LogP contribution in [0.3, 0.4) is 0 Å². The van der Waals surface area contributed by atoms with Gasteiger partial charge in [0.05, 0.1) is 18.8 Å². The molecule has 24 heavy (non-hydrogen) atoms. The van der Waals surface area contributed by atoms with Crippen LogP contribution in [0.1, 0.15) is 6.92 Å². The van der Waals surface area contributed by atoms with Gasteiger partial charge in [0.15, 0.2) is 0 Å². The number of hydrogen-bond donors (Lipinski definition) is 3. The van der Waals surface area contributed by atoms with Crippen molar-refractivity contribution in [1.29, 1.82) is 0 Å². The lowest BCUT2D eigenvalue weighted by Crippen LogP contribution is -2.39. The lowest BCUT2D eigenvalue weighted by molar-refractivity contribution is -0.126. The van der Waals surface area contributed by atoms with E-state index < -0.39 is 17.6 Å². The lowest BCUT2D eigenvalue weighted by Gasteiger charge is -2.10. The monoisotopic (exact) mass is 332 g/mol. The molecule has 7 nitrogen and oxygen atoms in total. The molecule has 0 aliphatic heterocycles. The predicted molar refractivity (Wildman–Crippen MR) is 86.1 cm³/mol. The van der Waals surface area contributed by atoms with Crippen LogP contribution >= 0.6 is 0 Å². The highest BCUT2D eigenvalue weighted by molar-refractivity contribution is 5.95. The van der Waals surface area contributed by atoms with Crippen molar-refractivity contribution in [3.05, 3.63) is 48.5 Å². The molecule has 1 aromatic carbocycles. The van der Waals surface area contributed by atoms with E-state index in [1.54, 1.807) is 29.1 Å². The molecule has 8 heteroatoms. The number of aromatic nitrogens is 1. The standard InChI is InChI=1S/C16H17FN4O3/c1-11(22)18-9-15(23)19-10-16(24)20-12-4-5-13(17)14(8-12)21-6-2-3-7-21/h2-8H,9-10H2,1H3,(H,18,22)(H,19,23)(H,20,24). The Kier molecular flexibility index (Phi) is 5.67. The Balaban J connectivity index is 1.91. The number of rotatable bonds is 6. The highest BCUT2D eigenvalue weighted by atomic mass is 19.1. The minimum absolute atomic E-state index is 0.197. The van der Waals surface area contributed by atoms with Gasteiger partial charge in [0.2, 0.25) is 17.7 Å². The smallest absolute Gasteiger partial charge is 0.243 e. The summed E-state index contributed by atoms with van der Waals surface area (Å²) in [6.07, 6.45) is 3.37. The molecule has 2 rings (SSSR count). The molecule has 0 radical (unpaired) electrons. The molecular weight excluding hydrogens is 315 g/mol. The van der Waals surface area contributed by atoms with E-state index in [9.17, 15) is 18.8 Å². The highest BCUT2D eigenvalue weighted by Crippen LogP contribution is 2.18. The van der Waals surface area contributed by atoms with E-state index in [1.807, 2.05) is 0 Å². The van der Waals surface area contributed by atoms with Crippen LogP contribution in [0.5, 0.6) is 0 Å². The molecule has 0 bridgehead atoms. The number of carbonyl (C=O) groups is 3. The number of nitrogens with one attached hydrogen (secondary N) is 3. The number of benzene rings is 1. The first-order valence-corrected chi connectivity index (χ1v) is 7.19. The average molecular weight is 332 g/mol. The maximum absolute atomic E-state index is 13.8. The zero-order valence-corrected chi connectivity index (χ0v) is 13.0. The van der Waals surface area contributed by atoms with Gasteiger partial charge in [0.1, 0.15) is 5.82 Å². The zero-order valence-electron chi connectivity index (χ0n) is 13.0. The van der Waals surface area contributed by atoms with Gasteiger partial charge in [0, 0.05) is 25.0 Å². The summed E-state index contributed by atoms with van der Waals surface area (Å²) in [6, 6.07) is 7.69. The van der Waals surface area contributed by atoms with Crippen LogP contribution in [0.2, 0.25) is 0 Å². The molecular formula is C16H17FN4O3. The number of amides is 3. The van der Waals surface area contributed by atoms with Gasteiger partial charge in [-0.25, -0.2) is 4.39 Å². The van der Waals surface area contributed by atoms with Gasteiger partial charge < -0.3 is 20.5 Å². The Hall–Kier alpha value is -3.16. The Morgan fingerprint density at radius 2 is 1.71 bits per heavy atom. The van der Waals surface area contributed by atoms with Crippen molar-refractivity contribution in [3.8, 4) is 5.69 Å². The summed E-state index contributed by atoms with van der Waals surface area (Å²) in [5.74, 6) is -1.70. The van der Waals surface area contributed by atoms with Crippen molar-refractivity contribution < 1.29 is 18.8 Å². The maximum atomic E-state index is 13.8. The second kappa shape index (κ2) is 7.91. The first kappa shape index (κ1) is 17.2. The second-order valence-electron chi connectivity index (χ2n) is 4.99. The molecule has 3 amide bonds. The second-order valence-corrected chi connectivity index (χ2v) is 4.99. The van der Waals surface area contributed by atoms with Crippen LogP contribution in [0, 0.1) is 5.82 Å². The molecule has 2 aromatic rings. The van der Waals surface area contributed by atoms with Crippen LogP contribution < -0.4 is 16.0 Å². The molecule has 1 heterocycles. The molecule has 126 valence electrons. The molecule has 0 saturated heterocycles. The van der Waals surface area contributed by atoms with Crippen molar-refractivity contribution in [2.75, 3.05) is 18.4 Å². The quantitative estimate of drug-likeness (QED) is 0.731.